The van der Waals surface area contributed by atoms with Crippen LogP contribution in [0.3, 0.4) is 0 Å². The molecule has 5 nitrogen and oxygen atoms in total. The van der Waals surface area contributed by atoms with Crippen molar-refractivity contribution in [3.63, 3.8) is 0 Å². The molecule has 2 amide bonds. The second-order valence-corrected chi connectivity index (χ2v) is 5.90. The lowest BCUT2D eigenvalue weighted by Crippen LogP contribution is -2.21. The predicted octanol–water partition coefficient (Wildman–Crippen LogP) is 2.13. The van der Waals surface area contributed by atoms with Gasteiger partial charge in [-0.1, -0.05) is 11.3 Å². The van der Waals surface area contributed by atoms with Crippen LogP contribution in [-0.4, -0.2) is 23.3 Å². The van der Waals surface area contributed by atoms with Gasteiger partial charge in [0.15, 0.2) is 5.13 Å². The lowest BCUT2D eigenvalue weighted by molar-refractivity contribution is 0.0958. The third-order valence-corrected chi connectivity index (χ3v) is 4.48. The van der Waals surface area contributed by atoms with E-state index in [-0.39, 0.29) is 11.8 Å². The number of fused-ring (bicyclic) bond motifs is 1. The molecule has 0 unspecified atom stereocenters. The zero-order valence-electron chi connectivity index (χ0n) is 9.93. The third kappa shape index (κ3) is 2.52. The van der Waals surface area contributed by atoms with E-state index >= 15 is 0 Å². The smallest absolute Gasteiger partial charge is 0.263 e. The summed E-state index contributed by atoms with van der Waals surface area (Å²) < 4.78 is 0. The van der Waals surface area contributed by atoms with E-state index in [1.165, 1.54) is 22.7 Å². The number of anilines is 1. The van der Waals surface area contributed by atoms with Gasteiger partial charge in [-0.2, -0.15) is 11.3 Å². The number of aryl methyl sites for hydroxylation is 1. The molecule has 0 radical (unpaired) electrons. The Morgan fingerprint density at radius 3 is 3.16 bits per heavy atom. The molecule has 0 fully saturated rings. The molecule has 0 atom stereocenters. The molecule has 7 heteroatoms. The number of thiazole rings is 1. The molecule has 1 aliphatic heterocycles. The first-order chi connectivity index (χ1) is 9.24. The lowest BCUT2D eigenvalue weighted by atomic mass is 10.2. The Balaban J connectivity index is 1.81. The molecular weight excluding hydrogens is 282 g/mol. The van der Waals surface area contributed by atoms with E-state index in [2.05, 4.69) is 15.6 Å². The SMILES string of the molecule is O=C(Nc1nc2c(s1)C(=O)NCCC2)c1ccsc1. The Labute approximate surface area is 117 Å². The molecule has 1 aliphatic rings. The average Bonchev–Trinajstić information content (AvgIpc) is 3.01. The number of carbonyl (C=O) groups excluding carboxylic acids is 2. The van der Waals surface area contributed by atoms with Gasteiger partial charge in [-0.3, -0.25) is 14.9 Å². The highest BCUT2D eigenvalue weighted by Gasteiger charge is 2.21. The molecule has 0 saturated carbocycles. The van der Waals surface area contributed by atoms with E-state index in [1.54, 1.807) is 11.4 Å². The lowest BCUT2D eigenvalue weighted by Gasteiger charge is -1.99. The van der Waals surface area contributed by atoms with E-state index in [0.717, 1.165) is 18.5 Å². The molecule has 98 valence electrons. The minimum absolute atomic E-state index is 0.0963. The van der Waals surface area contributed by atoms with Gasteiger partial charge in [0.05, 0.1) is 11.3 Å². The van der Waals surface area contributed by atoms with Crippen LogP contribution in [-0.2, 0) is 6.42 Å². The minimum atomic E-state index is -0.189. The standard InChI is InChI=1S/C12H11N3O2S2/c16-10(7-3-5-18-6-7)15-12-14-8-2-1-4-13-11(17)9(8)19-12/h3,5-6H,1-2,4H2,(H,13,17)(H,14,15,16). The number of thiophene rings is 1. The summed E-state index contributed by atoms with van der Waals surface area (Å²) in [6.45, 7) is 0.679. The molecule has 3 heterocycles. The predicted molar refractivity (Wildman–Crippen MR) is 75.0 cm³/mol. The zero-order chi connectivity index (χ0) is 13.2. The number of hydrogen-bond donors (Lipinski definition) is 2. The van der Waals surface area contributed by atoms with Crippen LogP contribution in [0, 0.1) is 0 Å². The van der Waals surface area contributed by atoms with Gasteiger partial charge in [0.2, 0.25) is 0 Å². The van der Waals surface area contributed by atoms with Gasteiger partial charge in [-0.15, -0.1) is 0 Å². The molecule has 0 aromatic carbocycles. The zero-order valence-corrected chi connectivity index (χ0v) is 11.6. The molecule has 2 aromatic rings. The van der Waals surface area contributed by atoms with E-state index in [1.807, 2.05) is 5.38 Å². The molecule has 0 spiro atoms. The summed E-state index contributed by atoms with van der Waals surface area (Å²) in [5.74, 6) is -0.286. The molecule has 0 saturated heterocycles. The maximum Gasteiger partial charge on any atom is 0.263 e. The third-order valence-electron chi connectivity index (χ3n) is 2.78. The fourth-order valence-corrected chi connectivity index (χ4v) is 3.41. The first-order valence-corrected chi connectivity index (χ1v) is 7.61. The van der Waals surface area contributed by atoms with Crippen molar-refractivity contribution in [1.82, 2.24) is 10.3 Å². The number of amides is 2. The number of carbonyl (C=O) groups is 2. The molecule has 3 rings (SSSR count). The van der Waals surface area contributed by atoms with Gasteiger partial charge < -0.3 is 5.32 Å². The van der Waals surface area contributed by atoms with Crippen molar-refractivity contribution in [2.75, 3.05) is 11.9 Å². The fourth-order valence-electron chi connectivity index (χ4n) is 1.85. The van der Waals surface area contributed by atoms with Crippen molar-refractivity contribution in [1.29, 1.82) is 0 Å². The Morgan fingerprint density at radius 2 is 2.37 bits per heavy atom. The second kappa shape index (κ2) is 5.10. The number of nitrogens with zero attached hydrogens (tertiary/aromatic N) is 1. The van der Waals surface area contributed by atoms with Crippen LogP contribution in [0.15, 0.2) is 16.8 Å². The van der Waals surface area contributed by atoms with E-state index in [0.29, 0.717) is 22.1 Å². The monoisotopic (exact) mass is 293 g/mol. The molecule has 2 N–H and O–H groups in total. The van der Waals surface area contributed by atoms with E-state index in [4.69, 9.17) is 0 Å². The fraction of sp³-hybridized carbons (Fsp3) is 0.250. The van der Waals surface area contributed by atoms with Gasteiger partial charge in [-0.05, 0) is 24.3 Å². The van der Waals surface area contributed by atoms with Crippen LogP contribution in [0.2, 0.25) is 0 Å². The van der Waals surface area contributed by atoms with Crippen LogP contribution in [0.25, 0.3) is 0 Å². The molecular formula is C12H11N3O2S2. The first-order valence-electron chi connectivity index (χ1n) is 5.85. The van der Waals surface area contributed by atoms with Crippen molar-refractivity contribution in [3.8, 4) is 0 Å². The van der Waals surface area contributed by atoms with Crippen LogP contribution >= 0.6 is 22.7 Å². The van der Waals surface area contributed by atoms with Crippen LogP contribution < -0.4 is 10.6 Å². The normalized spacial score (nSPS) is 14.4. The van der Waals surface area contributed by atoms with Crippen molar-refractivity contribution in [2.45, 2.75) is 12.8 Å². The van der Waals surface area contributed by atoms with Gasteiger partial charge in [0.1, 0.15) is 4.88 Å². The topological polar surface area (TPSA) is 71.1 Å². The number of hydrogen-bond acceptors (Lipinski definition) is 5. The average molecular weight is 293 g/mol. The number of rotatable bonds is 2. The summed E-state index contributed by atoms with van der Waals surface area (Å²) >= 11 is 2.70. The highest BCUT2D eigenvalue weighted by atomic mass is 32.1. The second-order valence-electron chi connectivity index (χ2n) is 4.12. The molecule has 0 aliphatic carbocycles. The molecule has 19 heavy (non-hydrogen) atoms. The summed E-state index contributed by atoms with van der Waals surface area (Å²) in [7, 11) is 0. The number of aromatic nitrogens is 1. The largest absolute Gasteiger partial charge is 0.351 e. The van der Waals surface area contributed by atoms with Gasteiger partial charge in [0.25, 0.3) is 11.8 Å². The van der Waals surface area contributed by atoms with Crippen molar-refractivity contribution < 1.29 is 9.59 Å². The van der Waals surface area contributed by atoms with Crippen LogP contribution in [0.4, 0.5) is 5.13 Å². The van der Waals surface area contributed by atoms with E-state index in [9.17, 15) is 9.59 Å². The Hall–Kier alpha value is -1.73. The summed E-state index contributed by atoms with van der Waals surface area (Å²) in [5.41, 5.74) is 1.39. The van der Waals surface area contributed by atoms with Crippen molar-refractivity contribution in [2.24, 2.45) is 0 Å². The quantitative estimate of drug-likeness (QED) is 0.891. The maximum atomic E-state index is 11.9. The van der Waals surface area contributed by atoms with Gasteiger partial charge in [0, 0.05) is 11.9 Å². The highest BCUT2D eigenvalue weighted by molar-refractivity contribution is 7.17. The van der Waals surface area contributed by atoms with Gasteiger partial charge >= 0.3 is 0 Å². The highest BCUT2D eigenvalue weighted by Crippen LogP contribution is 2.26. The Kier molecular flexibility index (Phi) is 3.31. The summed E-state index contributed by atoms with van der Waals surface area (Å²) in [6.07, 6.45) is 1.64. The molecule has 0 bridgehead atoms. The summed E-state index contributed by atoms with van der Waals surface area (Å²) in [4.78, 5) is 28.6. The van der Waals surface area contributed by atoms with Gasteiger partial charge in [-0.25, -0.2) is 4.98 Å². The van der Waals surface area contributed by atoms with Crippen LogP contribution in [0.1, 0.15) is 32.1 Å². The van der Waals surface area contributed by atoms with Crippen molar-refractivity contribution >= 4 is 39.6 Å². The summed E-state index contributed by atoms with van der Waals surface area (Å²) in [6, 6.07) is 1.76. The number of nitrogens with one attached hydrogen (secondary N) is 2. The first kappa shape index (κ1) is 12.3. The van der Waals surface area contributed by atoms with E-state index < -0.39 is 0 Å². The minimum Gasteiger partial charge on any atom is -0.351 e. The molecule has 2 aromatic heterocycles. The maximum absolute atomic E-state index is 11.9. The summed E-state index contributed by atoms with van der Waals surface area (Å²) in [5, 5.41) is 9.66. The Bertz CT molecular complexity index is 619. The Morgan fingerprint density at radius 1 is 1.47 bits per heavy atom. The van der Waals surface area contributed by atoms with Crippen molar-refractivity contribution in [3.05, 3.63) is 33.0 Å². The van der Waals surface area contributed by atoms with Crippen LogP contribution in [0.5, 0.6) is 0 Å².